The van der Waals surface area contributed by atoms with Crippen LogP contribution in [0.25, 0.3) is 10.9 Å². The van der Waals surface area contributed by atoms with Crippen molar-refractivity contribution in [2.45, 2.75) is 6.61 Å². The molecule has 0 radical (unpaired) electrons. The first kappa shape index (κ1) is 14.6. The van der Waals surface area contributed by atoms with Gasteiger partial charge in [-0.1, -0.05) is 30.3 Å². The van der Waals surface area contributed by atoms with E-state index in [2.05, 4.69) is 4.98 Å². The number of hydrogen-bond donors (Lipinski definition) is 0. The number of rotatable bonds is 4. The molecule has 4 nitrogen and oxygen atoms in total. The summed E-state index contributed by atoms with van der Waals surface area (Å²) in [6.07, 6.45) is 1.68. The third-order valence-electron chi connectivity index (χ3n) is 3.42. The lowest BCUT2D eigenvalue weighted by molar-refractivity contribution is -0.670. The van der Waals surface area contributed by atoms with E-state index in [-0.39, 0.29) is 0 Å². The highest BCUT2D eigenvalue weighted by atomic mass is 35.5. The van der Waals surface area contributed by atoms with Crippen LogP contribution in [0.4, 0.5) is 0 Å². The zero-order valence-electron chi connectivity index (χ0n) is 12.4. The number of benzene rings is 2. The Bertz CT molecular complexity index is 807. The lowest BCUT2D eigenvalue weighted by Gasteiger charge is -2.11. The van der Waals surface area contributed by atoms with Crippen LogP contribution in [-0.4, -0.2) is 12.1 Å². The Morgan fingerprint density at radius 1 is 1.14 bits per heavy atom. The second kappa shape index (κ2) is 6.20. The zero-order valence-corrected chi connectivity index (χ0v) is 13.2. The van der Waals surface area contributed by atoms with Gasteiger partial charge in [-0.3, -0.25) is 0 Å². The van der Waals surface area contributed by atoms with Gasteiger partial charge in [-0.2, -0.15) is 0 Å². The normalized spacial score (nSPS) is 10.7. The molecule has 0 saturated heterocycles. The highest BCUT2D eigenvalue weighted by molar-refractivity contribution is 6.33. The van der Waals surface area contributed by atoms with Crippen molar-refractivity contribution in [2.24, 2.45) is 7.05 Å². The Labute approximate surface area is 133 Å². The highest BCUT2D eigenvalue weighted by Crippen LogP contribution is 2.33. The predicted molar refractivity (Wildman–Crippen MR) is 85.3 cm³/mol. The van der Waals surface area contributed by atoms with E-state index >= 15 is 0 Å². The van der Waals surface area contributed by atoms with Crippen LogP contribution in [0.2, 0.25) is 5.15 Å². The van der Waals surface area contributed by atoms with Crippen molar-refractivity contribution in [3.8, 4) is 11.5 Å². The van der Waals surface area contributed by atoms with Crippen molar-refractivity contribution >= 4 is 22.5 Å². The van der Waals surface area contributed by atoms with Crippen LogP contribution in [-0.2, 0) is 13.7 Å². The molecule has 0 N–H and O–H groups in total. The third-order valence-corrected chi connectivity index (χ3v) is 3.89. The molecule has 112 valence electrons. The summed E-state index contributed by atoms with van der Waals surface area (Å²) in [5.41, 5.74) is 1.86. The van der Waals surface area contributed by atoms with Crippen LogP contribution in [0, 0.1) is 0 Å². The Morgan fingerprint density at radius 3 is 2.64 bits per heavy atom. The Kier molecular flexibility index (Phi) is 4.11. The molecule has 0 saturated carbocycles. The van der Waals surface area contributed by atoms with Crippen LogP contribution in [0.15, 0.2) is 48.8 Å². The van der Waals surface area contributed by atoms with E-state index in [1.54, 1.807) is 18.0 Å². The molecule has 0 aliphatic carbocycles. The largest absolute Gasteiger partial charge is 0.493 e. The van der Waals surface area contributed by atoms with Gasteiger partial charge in [-0.15, -0.1) is 0 Å². The minimum atomic E-state index is 0.465. The Balaban J connectivity index is 1.98. The van der Waals surface area contributed by atoms with Crippen LogP contribution < -0.4 is 14.0 Å². The number of methoxy groups -OCH3 is 1. The first-order valence-electron chi connectivity index (χ1n) is 6.87. The van der Waals surface area contributed by atoms with Gasteiger partial charge in [0, 0.05) is 12.1 Å². The fraction of sp³-hybridized carbons (Fsp3) is 0.176. The van der Waals surface area contributed by atoms with Gasteiger partial charge in [0.05, 0.1) is 19.5 Å². The fourth-order valence-corrected chi connectivity index (χ4v) is 2.41. The molecule has 0 amide bonds. The smallest absolute Gasteiger partial charge is 0.287 e. The van der Waals surface area contributed by atoms with Crippen molar-refractivity contribution in [3.05, 3.63) is 59.5 Å². The Morgan fingerprint density at radius 2 is 1.91 bits per heavy atom. The number of fused-ring (bicyclic) bond motifs is 1. The van der Waals surface area contributed by atoms with Crippen LogP contribution >= 0.6 is 11.6 Å². The molecule has 0 aliphatic heterocycles. The quantitative estimate of drug-likeness (QED) is 0.547. The number of ether oxygens (including phenoxy) is 2. The van der Waals surface area contributed by atoms with Crippen molar-refractivity contribution in [1.82, 2.24) is 4.98 Å². The van der Waals surface area contributed by atoms with Gasteiger partial charge in [-0.25, -0.2) is 4.57 Å². The van der Waals surface area contributed by atoms with Crippen molar-refractivity contribution in [2.75, 3.05) is 7.11 Å². The van der Waals surface area contributed by atoms with Gasteiger partial charge in [0.15, 0.2) is 17.0 Å². The summed E-state index contributed by atoms with van der Waals surface area (Å²) in [4.78, 5) is 4.35. The fourth-order valence-electron chi connectivity index (χ4n) is 2.22. The van der Waals surface area contributed by atoms with Crippen LogP contribution in [0.5, 0.6) is 11.5 Å². The minimum Gasteiger partial charge on any atom is -0.493 e. The molecule has 0 atom stereocenters. The molecule has 22 heavy (non-hydrogen) atoms. The lowest BCUT2D eigenvalue weighted by Crippen LogP contribution is -2.29. The van der Waals surface area contributed by atoms with Gasteiger partial charge in [-0.05, 0) is 22.1 Å². The second-order valence-corrected chi connectivity index (χ2v) is 5.30. The van der Waals surface area contributed by atoms with Crippen LogP contribution in [0.1, 0.15) is 5.56 Å². The second-order valence-electron chi connectivity index (χ2n) is 4.94. The van der Waals surface area contributed by atoms with E-state index in [0.717, 1.165) is 16.5 Å². The molecule has 3 rings (SSSR count). The molecule has 0 aliphatic rings. The molecule has 1 heterocycles. The topological polar surface area (TPSA) is 35.2 Å². The summed E-state index contributed by atoms with van der Waals surface area (Å²) in [5.74, 6) is 1.29. The first-order chi connectivity index (χ1) is 10.7. The van der Waals surface area contributed by atoms with E-state index in [9.17, 15) is 0 Å². The standard InChI is InChI=1S/C17H16ClN2O2/c1-20-11-19-14-9-15(21-2)16(8-13(14)17(20)18)22-10-12-6-4-3-5-7-12/h3-9,11H,10H2,1-2H3/q+1. The maximum atomic E-state index is 6.34. The molecule has 0 fully saturated rings. The number of aromatic nitrogens is 2. The Hall–Kier alpha value is -2.33. The van der Waals surface area contributed by atoms with Gasteiger partial charge in [0.1, 0.15) is 6.61 Å². The maximum absolute atomic E-state index is 6.34. The number of aryl methyl sites for hydroxylation is 1. The summed E-state index contributed by atoms with van der Waals surface area (Å²) in [6.45, 7) is 0.465. The lowest BCUT2D eigenvalue weighted by atomic mass is 10.2. The molecular weight excluding hydrogens is 300 g/mol. The van der Waals surface area contributed by atoms with Gasteiger partial charge in [0.25, 0.3) is 6.33 Å². The van der Waals surface area contributed by atoms with E-state index < -0.39 is 0 Å². The van der Waals surface area contributed by atoms with Gasteiger partial charge in [0.2, 0.25) is 5.15 Å². The summed E-state index contributed by atoms with van der Waals surface area (Å²) >= 11 is 6.34. The van der Waals surface area contributed by atoms with Crippen molar-refractivity contribution in [3.63, 3.8) is 0 Å². The van der Waals surface area contributed by atoms with Crippen LogP contribution in [0.3, 0.4) is 0 Å². The molecular formula is C17H16ClN2O2+. The van der Waals surface area contributed by atoms with E-state index in [0.29, 0.717) is 23.3 Å². The van der Waals surface area contributed by atoms with Crippen molar-refractivity contribution in [1.29, 1.82) is 0 Å². The average Bonchev–Trinajstić information content (AvgIpc) is 2.57. The van der Waals surface area contributed by atoms with E-state index in [1.807, 2.05) is 49.5 Å². The maximum Gasteiger partial charge on any atom is 0.287 e. The molecule has 1 aromatic heterocycles. The number of nitrogens with zero attached hydrogens (tertiary/aromatic N) is 2. The van der Waals surface area contributed by atoms with E-state index in [1.165, 1.54) is 0 Å². The van der Waals surface area contributed by atoms with Crippen molar-refractivity contribution < 1.29 is 14.0 Å². The number of halogens is 1. The first-order valence-corrected chi connectivity index (χ1v) is 7.25. The molecule has 5 heteroatoms. The summed E-state index contributed by atoms with van der Waals surface area (Å²) in [6, 6.07) is 13.7. The molecule has 3 aromatic rings. The average molecular weight is 316 g/mol. The SMILES string of the molecule is COc1cc2nc[n+](C)c(Cl)c2cc1OCc1ccccc1. The zero-order chi connectivity index (χ0) is 15.5. The summed E-state index contributed by atoms with van der Waals surface area (Å²) in [7, 11) is 3.46. The highest BCUT2D eigenvalue weighted by Gasteiger charge is 2.16. The molecule has 0 unspecified atom stereocenters. The third kappa shape index (κ3) is 2.83. The molecule has 0 spiro atoms. The summed E-state index contributed by atoms with van der Waals surface area (Å²) in [5, 5.41) is 1.44. The number of hydrogen-bond acceptors (Lipinski definition) is 3. The monoisotopic (exact) mass is 315 g/mol. The van der Waals surface area contributed by atoms with Gasteiger partial charge < -0.3 is 9.47 Å². The van der Waals surface area contributed by atoms with Gasteiger partial charge >= 0.3 is 0 Å². The minimum absolute atomic E-state index is 0.465. The van der Waals surface area contributed by atoms with E-state index in [4.69, 9.17) is 21.1 Å². The summed E-state index contributed by atoms with van der Waals surface area (Å²) < 4.78 is 13.1. The molecule has 0 bridgehead atoms. The molecule has 2 aromatic carbocycles. The predicted octanol–water partition coefficient (Wildman–Crippen LogP) is 3.30.